The van der Waals surface area contributed by atoms with Crippen LogP contribution < -0.4 is 9.47 Å². The highest BCUT2D eigenvalue weighted by Gasteiger charge is 2.53. The molecule has 5 atom stereocenters. The minimum atomic E-state index is -0.662. The van der Waals surface area contributed by atoms with E-state index in [0.29, 0.717) is 31.1 Å². The number of ether oxygens (including phenoxy) is 5. The number of likely N-dealkylation sites (tertiary alicyclic amines) is 1. The van der Waals surface area contributed by atoms with Gasteiger partial charge in [-0.2, -0.15) is 0 Å². The van der Waals surface area contributed by atoms with Crippen molar-refractivity contribution in [3.63, 3.8) is 0 Å². The van der Waals surface area contributed by atoms with Crippen molar-refractivity contribution in [2.24, 2.45) is 23.7 Å². The van der Waals surface area contributed by atoms with Gasteiger partial charge in [-0.05, 0) is 69.1 Å². The molecule has 2 saturated heterocycles. The van der Waals surface area contributed by atoms with E-state index in [4.69, 9.17) is 23.7 Å². The molecule has 2 fully saturated rings. The average molecular weight is 534 g/mol. The molecular weight excluding hydrogens is 486 g/mol. The monoisotopic (exact) mass is 533 g/mol. The predicted octanol–water partition coefficient (Wildman–Crippen LogP) is 6.02. The summed E-state index contributed by atoms with van der Waals surface area (Å²) in [5.74, 6) is 1.53. The first-order valence-corrected chi connectivity index (χ1v) is 13.9. The molecule has 1 amide bonds. The zero-order valence-corrected chi connectivity index (χ0v) is 24.6. The number of rotatable bonds is 10. The van der Waals surface area contributed by atoms with Crippen molar-refractivity contribution in [1.29, 1.82) is 0 Å². The molecule has 38 heavy (non-hydrogen) atoms. The maximum Gasteiger partial charge on any atom is 0.411 e. The lowest BCUT2D eigenvalue weighted by Gasteiger charge is -2.36. The van der Waals surface area contributed by atoms with Gasteiger partial charge in [-0.25, -0.2) is 4.79 Å². The Balaban J connectivity index is 2.03. The van der Waals surface area contributed by atoms with Crippen LogP contribution in [0.4, 0.5) is 4.79 Å². The molecular formula is C30H47NO7. The van der Waals surface area contributed by atoms with E-state index < -0.39 is 11.7 Å². The minimum absolute atomic E-state index is 0.138. The van der Waals surface area contributed by atoms with Gasteiger partial charge in [0.25, 0.3) is 0 Å². The van der Waals surface area contributed by atoms with Gasteiger partial charge in [-0.1, -0.05) is 33.8 Å². The third-order valence-electron chi connectivity index (χ3n) is 7.61. The predicted molar refractivity (Wildman–Crippen MR) is 145 cm³/mol. The Labute approximate surface area is 228 Å². The lowest BCUT2D eigenvalue weighted by Crippen LogP contribution is -2.46. The number of carbonyl (C=O) groups excluding carboxylic acids is 2. The maximum absolute atomic E-state index is 13.8. The highest BCUT2D eigenvalue weighted by atomic mass is 16.6. The molecule has 2 heterocycles. The van der Waals surface area contributed by atoms with Crippen LogP contribution in [0.25, 0.3) is 0 Å². The smallest absolute Gasteiger partial charge is 0.411 e. The highest BCUT2D eigenvalue weighted by Crippen LogP contribution is 2.49. The van der Waals surface area contributed by atoms with Gasteiger partial charge in [0.1, 0.15) is 11.7 Å². The van der Waals surface area contributed by atoms with Crippen LogP contribution in [-0.4, -0.2) is 62.1 Å². The number of hydrogen-bond acceptors (Lipinski definition) is 7. The molecule has 0 N–H and O–H groups in total. The van der Waals surface area contributed by atoms with Gasteiger partial charge in [0, 0.05) is 20.1 Å². The first-order valence-electron chi connectivity index (χ1n) is 13.9. The number of carbonyl (C=O) groups is 2. The van der Waals surface area contributed by atoms with E-state index in [-0.39, 0.29) is 47.8 Å². The van der Waals surface area contributed by atoms with Crippen molar-refractivity contribution < 1.29 is 33.3 Å². The fourth-order valence-electron chi connectivity index (χ4n) is 5.66. The van der Waals surface area contributed by atoms with E-state index in [2.05, 4.69) is 13.8 Å². The molecule has 2 aliphatic heterocycles. The molecule has 0 aliphatic carbocycles. The molecule has 0 spiro atoms. The first kappa shape index (κ1) is 30.1. The summed E-state index contributed by atoms with van der Waals surface area (Å²) in [5.41, 5.74) is 0.286. The van der Waals surface area contributed by atoms with Crippen LogP contribution in [0.15, 0.2) is 18.2 Å². The van der Waals surface area contributed by atoms with Gasteiger partial charge in [-0.15, -0.1) is 0 Å². The minimum Gasteiger partial charge on any atom is -0.493 e. The quantitative estimate of drug-likeness (QED) is 0.269. The summed E-state index contributed by atoms with van der Waals surface area (Å²) < 4.78 is 28.7. The van der Waals surface area contributed by atoms with Gasteiger partial charge in [-0.3, -0.25) is 9.69 Å². The molecule has 2 aliphatic rings. The van der Waals surface area contributed by atoms with Crippen LogP contribution in [0.3, 0.4) is 0 Å². The topological polar surface area (TPSA) is 83.5 Å². The number of methoxy groups -OCH3 is 2. The summed E-state index contributed by atoms with van der Waals surface area (Å²) >= 11 is 0. The van der Waals surface area contributed by atoms with Crippen LogP contribution in [0.5, 0.6) is 11.5 Å². The Morgan fingerprint density at radius 2 is 1.76 bits per heavy atom. The number of hydrogen-bond donors (Lipinski definition) is 0. The number of nitrogens with zero attached hydrogens (tertiary/aromatic N) is 1. The maximum atomic E-state index is 13.8. The summed E-state index contributed by atoms with van der Waals surface area (Å²) in [6, 6.07) is 5.33. The van der Waals surface area contributed by atoms with Gasteiger partial charge in [0.05, 0.1) is 31.7 Å². The number of amides is 1. The molecule has 3 rings (SSSR count). The fraction of sp³-hybridized carbons (Fsp3) is 0.733. The zero-order valence-electron chi connectivity index (χ0n) is 24.6. The second-order valence-corrected chi connectivity index (χ2v) is 12.2. The average Bonchev–Trinajstić information content (AvgIpc) is 3.42. The van der Waals surface area contributed by atoms with E-state index >= 15 is 0 Å². The third kappa shape index (κ3) is 6.93. The molecule has 1 aromatic rings. The van der Waals surface area contributed by atoms with Crippen molar-refractivity contribution in [1.82, 2.24) is 4.90 Å². The molecule has 0 aromatic heterocycles. The van der Waals surface area contributed by atoms with Crippen molar-refractivity contribution in [2.75, 3.05) is 27.4 Å². The number of cyclic esters (lactones) is 1. The van der Waals surface area contributed by atoms with Crippen LogP contribution in [-0.2, 0) is 19.0 Å². The van der Waals surface area contributed by atoms with Crippen molar-refractivity contribution in [2.45, 2.75) is 91.5 Å². The molecule has 0 saturated carbocycles. The van der Waals surface area contributed by atoms with E-state index in [9.17, 15) is 9.59 Å². The normalized spacial score (nSPS) is 25.7. The Hall–Kier alpha value is -2.48. The van der Waals surface area contributed by atoms with E-state index in [0.717, 1.165) is 18.4 Å². The van der Waals surface area contributed by atoms with E-state index in [1.807, 2.05) is 57.7 Å². The summed E-state index contributed by atoms with van der Waals surface area (Å²) in [5, 5.41) is 0. The lowest BCUT2D eigenvalue weighted by molar-refractivity contribution is -0.147. The highest BCUT2D eigenvalue weighted by molar-refractivity contribution is 5.75. The van der Waals surface area contributed by atoms with Crippen molar-refractivity contribution in [3.8, 4) is 11.5 Å². The molecule has 0 radical (unpaired) electrons. The van der Waals surface area contributed by atoms with Crippen LogP contribution in [0.1, 0.15) is 79.3 Å². The van der Waals surface area contributed by atoms with Crippen molar-refractivity contribution >= 4 is 12.1 Å². The van der Waals surface area contributed by atoms with Gasteiger partial charge >= 0.3 is 12.1 Å². The van der Waals surface area contributed by atoms with Crippen LogP contribution >= 0.6 is 0 Å². The van der Waals surface area contributed by atoms with E-state index in [1.54, 1.807) is 14.2 Å². The van der Waals surface area contributed by atoms with Crippen LogP contribution in [0.2, 0.25) is 0 Å². The second-order valence-electron chi connectivity index (χ2n) is 12.2. The fourth-order valence-corrected chi connectivity index (χ4v) is 5.66. The SMILES string of the molecule is COCCCOc1cc(C2[C@H](C(C)C)C[C@@H]([C@@H]3CC(C(C)C)C(=O)O3)N2C(=O)OC(C)(C)C)ccc1OC. The summed E-state index contributed by atoms with van der Waals surface area (Å²) in [6.45, 7) is 15.1. The molecule has 8 heteroatoms. The lowest BCUT2D eigenvalue weighted by atomic mass is 9.83. The Morgan fingerprint density at radius 3 is 2.32 bits per heavy atom. The molecule has 8 nitrogen and oxygen atoms in total. The molecule has 1 aromatic carbocycles. The summed E-state index contributed by atoms with van der Waals surface area (Å²) in [6.07, 6.45) is 1.32. The van der Waals surface area contributed by atoms with Gasteiger partial charge in [0.2, 0.25) is 0 Å². The second kappa shape index (κ2) is 12.6. The third-order valence-corrected chi connectivity index (χ3v) is 7.61. The first-order chi connectivity index (χ1) is 17.9. The standard InChI is InChI=1S/C30H47NO7/c1-18(2)21-16-23(25-17-22(19(3)4)28(32)37-25)31(29(33)38-30(5,6)7)27(21)20-11-12-24(35-9)26(15-20)36-14-10-13-34-8/h11-12,15,18-19,21-23,25,27H,10,13-14,16-17H2,1-9H3/t21-,22?,23-,25-,27?/m0/s1. The molecule has 214 valence electrons. The Kier molecular flexibility index (Phi) is 9.96. The van der Waals surface area contributed by atoms with Crippen LogP contribution in [0, 0.1) is 23.7 Å². The Bertz CT molecular complexity index is 954. The number of benzene rings is 1. The van der Waals surface area contributed by atoms with Gasteiger partial charge < -0.3 is 23.7 Å². The number of esters is 1. The van der Waals surface area contributed by atoms with Gasteiger partial charge in [0.15, 0.2) is 11.5 Å². The summed E-state index contributed by atoms with van der Waals surface area (Å²) in [4.78, 5) is 28.4. The summed E-state index contributed by atoms with van der Waals surface area (Å²) in [7, 11) is 3.28. The largest absolute Gasteiger partial charge is 0.493 e. The molecule has 0 bridgehead atoms. The zero-order chi connectivity index (χ0) is 28.2. The van der Waals surface area contributed by atoms with E-state index in [1.165, 1.54) is 0 Å². The molecule has 2 unspecified atom stereocenters. The Morgan fingerprint density at radius 1 is 1.05 bits per heavy atom. The van der Waals surface area contributed by atoms with Crippen molar-refractivity contribution in [3.05, 3.63) is 23.8 Å².